The number of anilines is 1. The summed E-state index contributed by atoms with van der Waals surface area (Å²) < 4.78 is 5.40. The van der Waals surface area contributed by atoms with Crippen molar-refractivity contribution in [1.82, 2.24) is 10.3 Å². The topological polar surface area (TPSA) is 118 Å². The van der Waals surface area contributed by atoms with E-state index < -0.39 is 29.6 Å². The van der Waals surface area contributed by atoms with Crippen molar-refractivity contribution in [3.05, 3.63) is 83.7 Å². The van der Waals surface area contributed by atoms with Crippen molar-refractivity contribution in [2.45, 2.75) is 52.2 Å². The normalized spacial score (nSPS) is 12.8. The molecule has 2 aromatic carbocycles. The maximum absolute atomic E-state index is 13.0. The first-order chi connectivity index (χ1) is 16.9. The first-order valence-corrected chi connectivity index (χ1v) is 11.6. The van der Waals surface area contributed by atoms with Crippen molar-refractivity contribution in [3.8, 4) is 11.1 Å². The van der Waals surface area contributed by atoms with Crippen LogP contribution in [0.4, 0.5) is 10.5 Å². The van der Waals surface area contributed by atoms with E-state index in [1.54, 1.807) is 88.6 Å². The molecule has 8 heteroatoms. The minimum absolute atomic E-state index is 0.309. The number of amides is 2. The Hall–Kier alpha value is -4.20. The van der Waals surface area contributed by atoms with E-state index in [1.807, 2.05) is 13.0 Å². The number of nitrogens with one attached hydrogen (secondary N) is 2. The standard InChI is InChI=1S/C28H31N3O5/c1-17(26(33)34)19-7-6-8-20(15-19)24-16-21(25(32)31-22-11-13-29-14-12-22)9-10-23(24)18(2)30-27(35)36-28(3,4)5/h6-18H,1-5H3,(H,30,35)(H,33,34)(H,29,31,32). The highest BCUT2D eigenvalue weighted by molar-refractivity contribution is 6.05. The van der Waals surface area contributed by atoms with Gasteiger partial charge in [-0.3, -0.25) is 14.6 Å². The van der Waals surface area contributed by atoms with Gasteiger partial charge in [0, 0.05) is 23.6 Å². The number of carbonyl (C=O) groups excluding carboxylic acids is 2. The first-order valence-electron chi connectivity index (χ1n) is 11.6. The molecule has 2 amide bonds. The van der Waals surface area contributed by atoms with Crippen LogP contribution < -0.4 is 10.6 Å². The van der Waals surface area contributed by atoms with Gasteiger partial charge in [-0.1, -0.05) is 30.3 Å². The van der Waals surface area contributed by atoms with Crippen molar-refractivity contribution in [2.75, 3.05) is 5.32 Å². The molecule has 0 aliphatic carbocycles. The molecule has 2 atom stereocenters. The second kappa shape index (κ2) is 11.0. The smallest absolute Gasteiger partial charge is 0.408 e. The number of ether oxygens (including phenoxy) is 1. The number of pyridine rings is 1. The maximum atomic E-state index is 13.0. The van der Waals surface area contributed by atoms with E-state index in [4.69, 9.17) is 4.74 Å². The SMILES string of the molecule is CC(NC(=O)OC(C)(C)C)c1ccc(C(=O)Nc2ccncc2)cc1-c1cccc(C(C)C(=O)O)c1. The van der Waals surface area contributed by atoms with Gasteiger partial charge >= 0.3 is 12.1 Å². The number of carboxylic acid groups (broad SMARTS) is 1. The fourth-order valence-corrected chi connectivity index (χ4v) is 3.64. The van der Waals surface area contributed by atoms with Crippen molar-refractivity contribution in [1.29, 1.82) is 0 Å². The van der Waals surface area contributed by atoms with E-state index in [1.165, 1.54) is 0 Å². The van der Waals surface area contributed by atoms with Gasteiger partial charge in [0.25, 0.3) is 5.91 Å². The van der Waals surface area contributed by atoms with Crippen LogP contribution in [0.25, 0.3) is 11.1 Å². The Morgan fingerprint density at radius 3 is 2.31 bits per heavy atom. The number of carbonyl (C=O) groups is 3. The fourth-order valence-electron chi connectivity index (χ4n) is 3.64. The van der Waals surface area contributed by atoms with E-state index in [0.717, 1.165) is 11.1 Å². The molecule has 3 rings (SSSR count). The molecular weight excluding hydrogens is 458 g/mol. The molecule has 0 aliphatic heterocycles. The maximum Gasteiger partial charge on any atom is 0.408 e. The summed E-state index contributed by atoms with van der Waals surface area (Å²) in [5, 5.41) is 15.2. The van der Waals surface area contributed by atoms with E-state index >= 15 is 0 Å². The summed E-state index contributed by atoms with van der Waals surface area (Å²) in [6.45, 7) is 8.80. The number of carboxylic acids is 1. The molecule has 0 spiro atoms. The van der Waals surface area contributed by atoms with Gasteiger partial charge in [-0.2, -0.15) is 0 Å². The Morgan fingerprint density at radius 2 is 1.67 bits per heavy atom. The lowest BCUT2D eigenvalue weighted by molar-refractivity contribution is -0.138. The zero-order valence-electron chi connectivity index (χ0n) is 21.0. The average Bonchev–Trinajstić information content (AvgIpc) is 2.82. The lowest BCUT2D eigenvalue weighted by Crippen LogP contribution is -2.34. The third-order valence-corrected chi connectivity index (χ3v) is 5.52. The van der Waals surface area contributed by atoms with E-state index in [0.29, 0.717) is 22.4 Å². The quantitative estimate of drug-likeness (QED) is 0.388. The van der Waals surface area contributed by atoms with Crippen molar-refractivity contribution < 1.29 is 24.2 Å². The van der Waals surface area contributed by atoms with Crippen molar-refractivity contribution >= 4 is 23.7 Å². The van der Waals surface area contributed by atoms with Gasteiger partial charge in [0.15, 0.2) is 0 Å². The summed E-state index contributed by atoms with van der Waals surface area (Å²) >= 11 is 0. The van der Waals surface area contributed by atoms with Gasteiger partial charge in [0.2, 0.25) is 0 Å². The number of alkyl carbamates (subject to hydrolysis) is 1. The molecule has 0 fully saturated rings. The molecule has 2 unspecified atom stereocenters. The summed E-state index contributed by atoms with van der Waals surface area (Å²) in [7, 11) is 0. The summed E-state index contributed by atoms with van der Waals surface area (Å²) in [4.78, 5) is 40.9. The van der Waals surface area contributed by atoms with Gasteiger partial charge in [0.1, 0.15) is 5.60 Å². The van der Waals surface area contributed by atoms with Crippen LogP contribution in [0.5, 0.6) is 0 Å². The first kappa shape index (κ1) is 26.4. The van der Waals surface area contributed by atoms with Crippen LogP contribution >= 0.6 is 0 Å². The third kappa shape index (κ3) is 6.91. The number of aromatic nitrogens is 1. The largest absolute Gasteiger partial charge is 0.481 e. The fraction of sp³-hybridized carbons (Fsp3) is 0.286. The van der Waals surface area contributed by atoms with Crippen molar-refractivity contribution in [2.24, 2.45) is 0 Å². The minimum Gasteiger partial charge on any atom is -0.481 e. The second-order valence-electron chi connectivity index (χ2n) is 9.55. The van der Waals surface area contributed by atoms with E-state index in [-0.39, 0.29) is 5.91 Å². The van der Waals surface area contributed by atoms with Gasteiger partial charge < -0.3 is 20.5 Å². The second-order valence-corrected chi connectivity index (χ2v) is 9.55. The molecule has 1 heterocycles. The molecule has 1 aromatic heterocycles. The van der Waals surface area contributed by atoms with Gasteiger partial charge in [0.05, 0.1) is 12.0 Å². The lowest BCUT2D eigenvalue weighted by Gasteiger charge is -2.23. The molecule has 0 radical (unpaired) electrons. The molecule has 0 bridgehead atoms. The predicted molar refractivity (Wildman–Crippen MR) is 138 cm³/mol. The van der Waals surface area contributed by atoms with Crippen LogP contribution in [0.2, 0.25) is 0 Å². The summed E-state index contributed by atoms with van der Waals surface area (Å²) in [6.07, 6.45) is 2.61. The summed E-state index contributed by atoms with van der Waals surface area (Å²) in [6, 6.07) is 15.3. The zero-order valence-corrected chi connectivity index (χ0v) is 21.0. The van der Waals surface area contributed by atoms with Crippen LogP contribution in [0.3, 0.4) is 0 Å². The zero-order chi connectivity index (χ0) is 26.5. The average molecular weight is 490 g/mol. The highest BCUT2D eigenvalue weighted by Gasteiger charge is 2.22. The molecule has 0 aliphatic rings. The van der Waals surface area contributed by atoms with Crippen LogP contribution in [0.1, 0.15) is 68.1 Å². The highest BCUT2D eigenvalue weighted by atomic mass is 16.6. The molecule has 8 nitrogen and oxygen atoms in total. The Morgan fingerprint density at radius 1 is 0.972 bits per heavy atom. The Bertz CT molecular complexity index is 1250. The van der Waals surface area contributed by atoms with Gasteiger partial charge in [-0.05, 0) is 81.1 Å². The van der Waals surface area contributed by atoms with Crippen LogP contribution in [0.15, 0.2) is 67.0 Å². The molecular formula is C28H31N3O5. The van der Waals surface area contributed by atoms with E-state index in [2.05, 4.69) is 15.6 Å². The summed E-state index contributed by atoms with van der Waals surface area (Å²) in [5.41, 5.74) is 3.17. The number of nitrogens with zero attached hydrogens (tertiary/aromatic N) is 1. The Kier molecular flexibility index (Phi) is 8.09. The molecule has 0 saturated heterocycles. The van der Waals surface area contributed by atoms with Gasteiger partial charge in [-0.25, -0.2) is 4.79 Å². The summed E-state index contributed by atoms with van der Waals surface area (Å²) in [5.74, 6) is -1.95. The molecule has 3 N–H and O–H groups in total. The molecule has 0 saturated carbocycles. The third-order valence-electron chi connectivity index (χ3n) is 5.52. The Labute approximate surface area is 210 Å². The molecule has 36 heavy (non-hydrogen) atoms. The molecule has 188 valence electrons. The number of hydrogen-bond donors (Lipinski definition) is 3. The highest BCUT2D eigenvalue weighted by Crippen LogP contribution is 2.32. The monoisotopic (exact) mass is 489 g/mol. The van der Waals surface area contributed by atoms with Crippen LogP contribution in [-0.4, -0.2) is 33.7 Å². The van der Waals surface area contributed by atoms with Crippen LogP contribution in [-0.2, 0) is 9.53 Å². The van der Waals surface area contributed by atoms with Crippen molar-refractivity contribution in [3.63, 3.8) is 0 Å². The Balaban J connectivity index is 2.02. The predicted octanol–water partition coefficient (Wildman–Crippen LogP) is 5.77. The minimum atomic E-state index is -0.933. The molecule has 3 aromatic rings. The lowest BCUT2D eigenvalue weighted by atomic mass is 9.90. The van der Waals surface area contributed by atoms with Crippen LogP contribution in [0, 0.1) is 0 Å². The number of aliphatic carboxylic acids is 1. The van der Waals surface area contributed by atoms with Gasteiger partial charge in [-0.15, -0.1) is 0 Å². The number of benzene rings is 2. The number of hydrogen-bond acceptors (Lipinski definition) is 5. The van der Waals surface area contributed by atoms with E-state index in [9.17, 15) is 19.5 Å². The number of rotatable bonds is 7.